The van der Waals surface area contributed by atoms with E-state index in [1.807, 2.05) is 0 Å². The maximum Gasteiger partial charge on any atom is 0.264 e. The molecule has 0 radical (unpaired) electrons. The third kappa shape index (κ3) is 1.76. The van der Waals surface area contributed by atoms with E-state index in [9.17, 15) is 4.79 Å². The van der Waals surface area contributed by atoms with Crippen LogP contribution in [-0.2, 0) is 13.6 Å². The number of hydrogen-bond donors (Lipinski definition) is 1. The number of aromatic nitrogens is 4. The summed E-state index contributed by atoms with van der Waals surface area (Å²) in [6.45, 7) is 4.25. The molecule has 0 fully saturated rings. The van der Waals surface area contributed by atoms with Crippen LogP contribution in [0.2, 0.25) is 0 Å². The third-order valence-corrected chi connectivity index (χ3v) is 2.78. The number of hydrogen-bond acceptors (Lipinski definition) is 4. The molecule has 2 heterocycles. The molecule has 0 spiro atoms. The van der Waals surface area contributed by atoms with E-state index in [0.29, 0.717) is 23.3 Å². The van der Waals surface area contributed by atoms with E-state index in [0.717, 1.165) is 5.57 Å². The highest BCUT2D eigenvalue weighted by molar-refractivity contribution is 7.80. The van der Waals surface area contributed by atoms with Crippen molar-refractivity contribution in [3.05, 3.63) is 35.0 Å². The van der Waals surface area contributed by atoms with Gasteiger partial charge < -0.3 is 0 Å². The number of aryl methyl sites for hydroxylation is 1. The molecule has 0 atom stereocenters. The van der Waals surface area contributed by atoms with Gasteiger partial charge in [0.25, 0.3) is 5.56 Å². The van der Waals surface area contributed by atoms with Gasteiger partial charge in [0.2, 0.25) is 0 Å². The zero-order chi connectivity index (χ0) is 11.7. The molecule has 0 aliphatic heterocycles. The number of rotatable bonds is 3. The van der Waals surface area contributed by atoms with Crippen molar-refractivity contribution in [1.29, 1.82) is 0 Å². The summed E-state index contributed by atoms with van der Waals surface area (Å²) in [7, 11) is 1.76. The first-order valence-electron chi connectivity index (χ1n) is 4.78. The van der Waals surface area contributed by atoms with Crippen molar-refractivity contribution in [3.8, 4) is 0 Å². The normalized spacial score (nSPS) is 10.9. The van der Waals surface area contributed by atoms with Gasteiger partial charge in [-0.05, 0) is 5.57 Å². The molecule has 0 N–H and O–H groups in total. The second-order valence-corrected chi connectivity index (χ2v) is 3.91. The average molecular weight is 236 g/mol. The third-order valence-electron chi connectivity index (χ3n) is 2.34. The summed E-state index contributed by atoms with van der Waals surface area (Å²) in [6.07, 6.45) is 3.05. The first-order valence-corrected chi connectivity index (χ1v) is 5.41. The van der Waals surface area contributed by atoms with Crippen molar-refractivity contribution in [1.82, 2.24) is 19.3 Å². The predicted octanol–water partition coefficient (Wildman–Crippen LogP) is 0.616. The summed E-state index contributed by atoms with van der Waals surface area (Å²) < 4.78 is 3.09. The Kier molecular flexibility index (Phi) is 2.82. The van der Waals surface area contributed by atoms with Gasteiger partial charge in [-0.25, -0.2) is 4.98 Å². The average Bonchev–Trinajstić information content (AvgIpc) is 2.65. The Bertz CT molecular complexity index is 598. The summed E-state index contributed by atoms with van der Waals surface area (Å²) in [5.41, 5.74) is 1.37. The minimum atomic E-state index is -0.0963. The first kappa shape index (κ1) is 10.9. The van der Waals surface area contributed by atoms with Crippen LogP contribution in [-0.4, -0.2) is 25.1 Å². The van der Waals surface area contributed by atoms with Gasteiger partial charge in [-0.1, -0.05) is 6.58 Å². The molecule has 0 saturated carbocycles. The molecule has 2 aromatic rings. The molecule has 2 aromatic heterocycles. The van der Waals surface area contributed by atoms with Crippen LogP contribution in [0.3, 0.4) is 0 Å². The van der Waals surface area contributed by atoms with E-state index in [-0.39, 0.29) is 5.56 Å². The highest BCUT2D eigenvalue weighted by Crippen LogP contribution is 2.04. The van der Waals surface area contributed by atoms with Crippen molar-refractivity contribution >= 4 is 23.7 Å². The molecule has 0 bridgehead atoms. The molecule has 84 valence electrons. The second-order valence-electron chi connectivity index (χ2n) is 3.59. The van der Waals surface area contributed by atoms with Crippen LogP contribution in [0.1, 0.15) is 0 Å². The molecular weight excluding hydrogens is 224 g/mol. The van der Waals surface area contributed by atoms with Gasteiger partial charge in [0.15, 0.2) is 5.65 Å². The van der Waals surface area contributed by atoms with E-state index in [1.54, 1.807) is 11.7 Å². The Labute approximate surface area is 97.8 Å². The van der Waals surface area contributed by atoms with Gasteiger partial charge in [0.1, 0.15) is 11.7 Å². The van der Waals surface area contributed by atoms with Gasteiger partial charge in [-0.3, -0.25) is 14.0 Å². The Morgan fingerprint density at radius 1 is 1.62 bits per heavy atom. The van der Waals surface area contributed by atoms with Gasteiger partial charge in [-0.15, -0.1) is 0 Å². The SMILES string of the molecule is C=C(CS)Cn1cnc2c(cnn2C)c1=O. The maximum atomic E-state index is 12.0. The molecule has 0 amide bonds. The molecule has 0 unspecified atom stereocenters. The molecule has 0 saturated heterocycles. The molecule has 0 aliphatic carbocycles. The largest absolute Gasteiger partial charge is 0.294 e. The van der Waals surface area contributed by atoms with Gasteiger partial charge in [0, 0.05) is 19.3 Å². The lowest BCUT2D eigenvalue weighted by molar-refractivity contribution is 0.731. The quantitative estimate of drug-likeness (QED) is 0.627. The molecule has 6 heteroatoms. The summed E-state index contributed by atoms with van der Waals surface area (Å²) in [5, 5.41) is 4.53. The van der Waals surface area contributed by atoms with Crippen molar-refractivity contribution < 1.29 is 0 Å². The zero-order valence-electron chi connectivity index (χ0n) is 8.92. The van der Waals surface area contributed by atoms with Crippen LogP contribution in [0.15, 0.2) is 29.5 Å². The molecule has 5 nitrogen and oxygen atoms in total. The Hall–Kier alpha value is -1.56. The number of nitrogens with zero attached hydrogens (tertiary/aromatic N) is 4. The topological polar surface area (TPSA) is 52.7 Å². The van der Waals surface area contributed by atoms with E-state index >= 15 is 0 Å². The lowest BCUT2D eigenvalue weighted by Gasteiger charge is -2.05. The van der Waals surface area contributed by atoms with Crippen LogP contribution in [0.25, 0.3) is 11.0 Å². The second kappa shape index (κ2) is 4.13. The molecule has 2 rings (SSSR count). The van der Waals surface area contributed by atoms with E-state index < -0.39 is 0 Å². The van der Waals surface area contributed by atoms with Gasteiger partial charge in [-0.2, -0.15) is 17.7 Å². The van der Waals surface area contributed by atoms with Crippen LogP contribution < -0.4 is 5.56 Å². The fourth-order valence-electron chi connectivity index (χ4n) is 1.47. The van der Waals surface area contributed by atoms with Crippen LogP contribution in [0.4, 0.5) is 0 Å². The van der Waals surface area contributed by atoms with Gasteiger partial charge >= 0.3 is 0 Å². The number of fused-ring (bicyclic) bond motifs is 1. The first-order chi connectivity index (χ1) is 7.63. The van der Waals surface area contributed by atoms with Crippen molar-refractivity contribution in [3.63, 3.8) is 0 Å². The lowest BCUT2D eigenvalue weighted by atomic mass is 10.3. The van der Waals surface area contributed by atoms with E-state index in [2.05, 4.69) is 29.3 Å². The minimum Gasteiger partial charge on any atom is -0.294 e. The van der Waals surface area contributed by atoms with Crippen LogP contribution >= 0.6 is 12.6 Å². The highest BCUT2D eigenvalue weighted by Gasteiger charge is 2.07. The summed E-state index contributed by atoms with van der Waals surface area (Å²) in [5.74, 6) is 0.553. The monoisotopic (exact) mass is 236 g/mol. The van der Waals surface area contributed by atoms with Crippen molar-refractivity contribution in [2.45, 2.75) is 6.54 Å². The fourth-order valence-corrected chi connectivity index (χ4v) is 1.57. The summed E-state index contributed by atoms with van der Waals surface area (Å²) in [6, 6.07) is 0. The molecule has 0 aromatic carbocycles. The standard InChI is InChI=1S/C10H12N4OS/c1-7(5-16)4-14-6-11-9-8(10(14)15)3-12-13(9)2/h3,6,16H,1,4-5H2,2H3. The minimum absolute atomic E-state index is 0.0963. The van der Waals surface area contributed by atoms with E-state index in [1.165, 1.54) is 17.1 Å². The highest BCUT2D eigenvalue weighted by atomic mass is 32.1. The molecule has 16 heavy (non-hydrogen) atoms. The Morgan fingerprint density at radius 2 is 2.38 bits per heavy atom. The van der Waals surface area contributed by atoms with Crippen LogP contribution in [0, 0.1) is 0 Å². The van der Waals surface area contributed by atoms with Crippen LogP contribution in [0.5, 0.6) is 0 Å². The number of thiol groups is 1. The van der Waals surface area contributed by atoms with E-state index in [4.69, 9.17) is 0 Å². The molecular formula is C10H12N4OS. The van der Waals surface area contributed by atoms with Crippen molar-refractivity contribution in [2.75, 3.05) is 5.75 Å². The summed E-state index contributed by atoms with van der Waals surface area (Å²) in [4.78, 5) is 16.2. The smallest absolute Gasteiger partial charge is 0.264 e. The fraction of sp³-hybridized carbons (Fsp3) is 0.300. The maximum absolute atomic E-state index is 12.0. The predicted molar refractivity (Wildman–Crippen MR) is 65.8 cm³/mol. The Balaban J connectivity index is 2.53. The lowest BCUT2D eigenvalue weighted by Crippen LogP contribution is -2.21. The summed E-state index contributed by atoms with van der Waals surface area (Å²) >= 11 is 4.11. The zero-order valence-corrected chi connectivity index (χ0v) is 9.81. The van der Waals surface area contributed by atoms with Gasteiger partial charge in [0.05, 0.1) is 6.20 Å². The molecule has 0 aliphatic rings. The Morgan fingerprint density at radius 3 is 3.06 bits per heavy atom. The van der Waals surface area contributed by atoms with Crippen molar-refractivity contribution in [2.24, 2.45) is 7.05 Å².